The van der Waals surface area contributed by atoms with Gasteiger partial charge in [0.05, 0.1) is 31.0 Å². The molecule has 5 heterocycles. The Morgan fingerprint density at radius 3 is 2.43 bits per heavy atom. The Bertz CT molecular complexity index is 2990. The number of amides is 3. The Balaban J connectivity index is 0.940. The fraction of sp³-hybridized carbons (Fsp3) is 0.475. The van der Waals surface area contributed by atoms with Gasteiger partial charge >= 0.3 is 23.5 Å². The minimum absolute atomic E-state index is 0.00230. The molecule has 8 atom stereocenters. The molecule has 0 radical (unpaired) electrons. The number of thiol groups is 1. The van der Waals surface area contributed by atoms with E-state index in [-0.39, 0.29) is 53.7 Å². The van der Waals surface area contributed by atoms with Crippen LogP contribution in [0.5, 0.6) is 0 Å². The number of ether oxygens (including phenoxy) is 1. The molecule has 30 nitrogen and oxygen atoms in total. The SMILES string of the molecule is CC(C)(COP(=O)(O)OP(=O)(O)OCC1OC(n2cnc3c(N)ncnc32)C(O)C1OP(=O)(O)O)C(O)C(=O)NCCC(=O)NCCSC(=O)C(=NC(=O)C(CS)CCc1ccccc1)c1ccc(Cn2cnnn2)s1. The number of phosphoric ester groups is 3. The third-order valence-electron chi connectivity index (χ3n) is 10.9. The maximum absolute atomic E-state index is 13.6. The quantitative estimate of drug-likeness (QED) is 0.0144. The fourth-order valence-corrected chi connectivity index (χ4v) is 11.9. The van der Waals surface area contributed by atoms with E-state index in [1.165, 1.54) is 36.2 Å². The molecule has 0 saturated carbocycles. The maximum atomic E-state index is 13.6. The Hall–Kier alpha value is -4.76. The number of nitrogens with zero attached hydrogens (tertiary/aromatic N) is 9. The summed E-state index contributed by atoms with van der Waals surface area (Å²) in [6.07, 6.45) is -4.74. The largest absolute Gasteiger partial charge is 0.481 e. The number of anilines is 1. The van der Waals surface area contributed by atoms with Crippen molar-refractivity contribution in [2.45, 2.75) is 70.3 Å². The summed E-state index contributed by atoms with van der Waals surface area (Å²) in [6, 6.07) is 13.0. The number of thioether (sulfide) groups is 1. The summed E-state index contributed by atoms with van der Waals surface area (Å²) in [5, 5.41) is 37.3. The molecule has 76 heavy (non-hydrogen) atoms. The van der Waals surface area contributed by atoms with Gasteiger partial charge in [-0.05, 0) is 41.0 Å². The number of carbonyl (C=O) groups excluding carboxylic acids is 4. The predicted molar refractivity (Wildman–Crippen MR) is 272 cm³/mol. The van der Waals surface area contributed by atoms with Crippen molar-refractivity contribution in [2.24, 2.45) is 16.3 Å². The van der Waals surface area contributed by atoms with E-state index >= 15 is 0 Å². The van der Waals surface area contributed by atoms with Gasteiger partial charge in [-0.25, -0.2) is 38.3 Å². The van der Waals surface area contributed by atoms with Crippen molar-refractivity contribution >= 4 is 105 Å². The van der Waals surface area contributed by atoms with Gasteiger partial charge in [0.1, 0.15) is 48.3 Å². The summed E-state index contributed by atoms with van der Waals surface area (Å²) in [4.78, 5) is 110. The third-order valence-corrected chi connectivity index (χ3v) is 16.4. The summed E-state index contributed by atoms with van der Waals surface area (Å²) in [6.45, 7) is 0.386. The first kappa shape index (κ1) is 60.5. The predicted octanol–water partition coefficient (Wildman–Crippen LogP) is 0.956. The molecule has 1 aromatic carbocycles. The van der Waals surface area contributed by atoms with Crippen LogP contribution >= 0.6 is 59.2 Å². The van der Waals surface area contributed by atoms with Gasteiger partial charge in [0.2, 0.25) is 22.8 Å². The van der Waals surface area contributed by atoms with Crippen LogP contribution in [0.15, 0.2) is 66.4 Å². The minimum Gasteiger partial charge on any atom is -0.386 e. The molecular weight excluding hydrogens is 1130 g/mol. The van der Waals surface area contributed by atoms with Crippen LogP contribution in [0.2, 0.25) is 0 Å². The number of aromatic nitrogens is 8. The van der Waals surface area contributed by atoms with E-state index in [0.717, 1.165) is 39.4 Å². The molecule has 36 heteroatoms. The summed E-state index contributed by atoms with van der Waals surface area (Å²) in [7, 11) is -16.6. The van der Waals surface area contributed by atoms with Crippen LogP contribution in [0.25, 0.3) is 11.2 Å². The van der Waals surface area contributed by atoms with Crippen molar-refractivity contribution < 1.29 is 85.3 Å². The van der Waals surface area contributed by atoms with Crippen LogP contribution in [-0.2, 0) is 68.5 Å². The number of aliphatic hydroxyl groups is 2. The molecule has 4 aromatic heterocycles. The van der Waals surface area contributed by atoms with Gasteiger partial charge < -0.3 is 50.9 Å². The molecule has 10 N–H and O–H groups in total. The molecule has 3 amide bonds. The lowest BCUT2D eigenvalue weighted by atomic mass is 9.87. The highest BCUT2D eigenvalue weighted by atomic mass is 32.2. The summed E-state index contributed by atoms with van der Waals surface area (Å²) in [5.74, 6) is -2.43. The van der Waals surface area contributed by atoms with E-state index in [4.69, 9.17) is 19.5 Å². The number of rotatable bonds is 28. The van der Waals surface area contributed by atoms with Crippen LogP contribution in [0.1, 0.15) is 48.2 Å². The van der Waals surface area contributed by atoms with E-state index in [9.17, 15) is 62.7 Å². The smallest absolute Gasteiger partial charge is 0.386 e. The minimum atomic E-state index is -5.63. The number of nitrogens with one attached hydrogen (secondary N) is 2. The molecule has 1 fully saturated rings. The molecule has 0 bridgehead atoms. The van der Waals surface area contributed by atoms with E-state index < -0.39 is 101 Å². The zero-order valence-electron chi connectivity index (χ0n) is 40.1. The number of aryl methyl sites for hydroxylation is 1. The number of hydrogen-bond acceptors (Lipinski definition) is 24. The number of imidazole rings is 1. The maximum Gasteiger partial charge on any atom is 0.481 e. The molecule has 1 aliphatic heterocycles. The number of fused-ring (bicyclic) bond motifs is 1. The van der Waals surface area contributed by atoms with Crippen molar-refractivity contribution in [3.63, 3.8) is 0 Å². The topological polar surface area (TPSA) is 437 Å². The average molecular weight is 1180 g/mol. The zero-order valence-corrected chi connectivity index (χ0v) is 45.3. The number of benzene rings is 1. The van der Waals surface area contributed by atoms with Crippen molar-refractivity contribution in [3.05, 3.63) is 76.8 Å². The van der Waals surface area contributed by atoms with Crippen molar-refractivity contribution in [2.75, 3.05) is 43.5 Å². The van der Waals surface area contributed by atoms with E-state index in [2.05, 4.69) is 67.6 Å². The number of aliphatic hydroxyl groups excluding tert-OH is 2. The second kappa shape index (κ2) is 26.7. The number of thiophene rings is 1. The molecule has 0 aliphatic carbocycles. The molecular formula is C40H53N12O18P3S3. The van der Waals surface area contributed by atoms with E-state index in [1.54, 1.807) is 12.1 Å². The number of nitrogens with two attached hydrogens (primary N) is 1. The summed E-state index contributed by atoms with van der Waals surface area (Å²) in [5.41, 5.74) is 5.16. The van der Waals surface area contributed by atoms with Crippen LogP contribution in [0.3, 0.4) is 0 Å². The first-order valence-corrected chi connectivity index (χ1v) is 29.4. The molecule has 414 valence electrons. The molecule has 1 saturated heterocycles. The number of phosphoric acid groups is 3. The molecule has 6 rings (SSSR count). The van der Waals surface area contributed by atoms with Crippen molar-refractivity contribution in [1.82, 2.24) is 50.4 Å². The second-order valence-corrected chi connectivity index (χ2v) is 24.0. The van der Waals surface area contributed by atoms with Gasteiger partial charge in [-0.2, -0.15) is 16.9 Å². The Kier molecular flexibility index (Phi) is 21.3. The van der Waals surface area contributed by atoms with Gasteiger partial charge in [-0.1, -0.05) is 55.9 Å². The van der Waals surface area contributed by atoms with Gasteiger partial charge in [-0.15, -0.1) is 16.4 Å². The van der Waals surface area contributed by atoms with Crippen LogP contribution in [0.4, 0.5) is 5.82 Å². The Morgan fingerprint density at radius 2 is 1.74 bits per heavy atom. The first-order valence-electron chi connectivity index (χ1n) is 22.5. The van der Waals surface area contributed by atoms with Crippen molar-refractivity contribution in [1.29, 1.82) is 0 Å². The van der Waals surface area contributed by atoms with Crippen molar-refractivity contribution in [3.8, 4) is 0 Å². The lowest BCUT2D eigenvalue weighted by Gasteiger charge is -2.30. The number of carbonyl (C=O) groups is 4. The highest BCUT2D eigenvalue weighted by molar-refractivity contribution is 8.15. The second-order valence-electron chi connectivity index (χ2n) is 17.2. The normalized spacial score (nSPS) is 19.7. The highest BCUT2D eigenvalue weighted by Crippen LogP contribution is 2.61. The zero-order chi connectivity index (χ0) is 55.4. The number of hydrogen-bond donors (Lipinski definition) is 10. The lowest BCUT2D eigenvalue weighted by Crippen LogP contribution is -2.46. The number of tetrazole rings is 1. The monoisotopic (exact) mass is 1180 g/mol. The molecule has 1 aliphatic rings. The van der Waals surface area contributed by atoms with Crippen LogP contribution in [0, 0.1) is 11.3 Å². The van der Waals surface area contributed by atoms with Gasteiger partial charge in [0.25, 0.3) is 0 Å². The highest BCUT2D eigenvalue weighted by Gasteiger charge is 2.50. The van der Waals surface area contributed by atoms with Gasteiger partial charge in [0, 0.05) is 47.2 Å². The van der Waals surface area contributed by atoms with E-state index in [1.807, 2.05) is 30.3 Å². The molecule has 8 unspecified atom stereocenters. The van der Waals surface area contributed by atoms with Gasteiger partial charge in [0.15, 0.2) is 17.7 Å². The van der Waals surface area contributed by atoms with Crippen LogP contribution in [-0.4, -0.2) is 160 Å². The Labute approximate surface area is 445 Å². The summed E-state index contributed by atoms with van der Waals surface area (Å²) < 4.78 is 64.2. The number of aliphatic imine (C=N–C) groups is 1. The van der Waals surface area contributed by atoms with Crippen LogP contribution < -0.4 is 16.4 Å². The summed E-state index contributed by atoms with van der Waals surface area (Å²) >= 11 is 6.45. The fourth-order valence-electron chi connectivity index (χ4n) is 7.03. The first-order chi connectivity index (χ1) is 35.8. The van der Waals surface area contributed by atoms with Gasteiger partial charge in [-0.3, -0.25) is 37.3 Å². The average Bonchev–Trinajstić information content (AvgIpc) is 4.20. The Morgan fingerprint density at radius 1 is 1.00 bits per heavy atom. The molecule has 0 spiro atoms. The standard InChI is InChI=1S/C40H53N12O18P3S3/c1-40(2,19-67-73(64,65)70-72(62,63)66-17-26-32(69-71(59,60)61)31(54)38(68-26)52-21-46-30-34(41)44-20-45-35(30)52)33(55)37(57)43-13-12-28(53)42-14-15-75-39(58)29(27-11-10-25(76-27)16-51-22-47-49-50-51)48-36(56)24(18-74)9-8-23-6-4-3-5-7-23/h3-7,10-11,20-22,24,26,31-33,38,54-55,74H,8-9,12-19H2,1-2H3,(H,42,53)(H,43,57)(H,62,63)(H,64,65)(H2,41,44,45)(H2,59,60,61). The lowest BCUT2D eigenvalue weighted by molar-refractivity contribution is -0.137. The third kappa shape index (κ3) is 17.4. The molecule has 5 aromatic rings. The number of nitrogen functional groups attached to an aromatic ring is 1. The van der Waals surface area contributed by atoms with E-state index in [0.29, 0.717) is 24.3 Å².